The van der Waals surface area contributed by atoms with Crippen LogP contribution in [0.15, 0.2) is 12.1 Å². The summed E-state index contributed by atoms with van der Waals surface area (Å²) >= 11 is 0. The summed E-state index contributed by atoms with van der Waals surface area (Å²) < 4.78 is 30.0. The average molecular weight is 269 g/mol. The second-order valence-electron chi connectivity index (χ2n) is 4.62. The van der Waals surface area contributed by atoms with E-state index in [4.69, 9.17) is 14.2 Å². The van der Waals surface area contributed by atoms with Gasteiger partial charge in [0.2, 0.25) is 0 Å². The van der Waals surface area contributed by atoms with Crippen molar-refractivity contribution in [1.82, 2.24) is 5.32 Å². The predicted octanol–water partition coefficient (Wildman–Crippen LogP) is 2.14. The van der Waals surface area contributed by atoms with Crippen molar-refractivity contribution in [2.24, 2.45) is 5.92 Å². The number of ether oxygens (including phenoxy) is 3. The van der Waals surface area contributed by atoms with Gasteiger partial charge < -0.3 is 19.5 Å². The van der Waals surface area contributed by atoms with Crippen LogP contribution in [0.5, 0.6) is 11.5 Å². The summed E-state index contributed by atoms with van der Waals surface area (Å²) in [7, 11) is 4.88. The zero-order valence-electron chi connectivity index (χ0n) is 11.5. The lowest BCUT2D eigenvalue weighted by Crippen LogP contribution is -2.26. The molecule has 1 heterocycles. The van der Waals surface area contributed by atoms with Gasteiger partial charge in [0.25, 0.3) is 0 Å². The van der Waals surface area contributed by atoms with E-state index < -0.39 is 0 Å². The minimum atomic E-state index is -0.288. The number of hydrogen-bond acceptors (Lipinski definition) is 4. The monoisotopic (exact) mass is 269 g/mol. The van der Waals surface area contributed by atoms with E-state index in [0.717, 1.165) is 13.0 Å². The summed E-state index contributed by atoms with van der Waals surface area (Å²) in [4.78, 5) is 0. The van der Waals surface area contributed by atoms with Crippen LogP contribution in [0.2, 0.25) is 0 Å². The highest BCUT2D eigenvalue weighted by Gasteiger charge is 2.29. The first-order valence-corrected chi connectivity index (χ1v) is 6.37. The van der Waals surface area contributed by atoms with Gasteiger partial charge in [-0.05, 0) is 19.5 Å². The number of halogens is 1. The molecule has 0 bridgehead atoms. The Kier molecular flexibility index (Phi) is 4.61. The summed E-state index contributed by atoms with van der Waals surface area (Å²) in [6, 6.07) is 2.99. The minimum Gasteiger partial charge on any atom is -0.493 e. The quantitative estimate of drug-likeness (QED) is 0.889. The maximum absolute atomic E-state index is 14.2. The molecule has 0 radical (unpaired) electrons. The van der Waals surface area contributed by atoms with E-state index in [1.807, 2.05) is 7.05 Å². The van der Waals surface area contributed by atoms with Crippen LogP contribution in [0, 0.1) is 11.7 Å². The Morgan fingerprint density at radius 2 is 2.00 bits per heavy atom. The van der Waals surface area contributed by atoms with Crippen molar-refractivity contribution < 1.29 is 18.6 Å². The van der Waals surface area contributed by atoms with E-state index in [-0.39, 0.29) is 17.8 Å². The first-order chi connectivity index (χ1) is 9.21. The molecular formula is C14H20FNO3. The van der Waals surface area contributed by atoms with Crippen molar-refractivity contribution in [3.8, 4) is 11.5 Å². The SMILES string of the molecule is CNC(c1cc(OC)c(OC)cc1F)C1CCOC1. The molecule has 4 nitrogen and oxygen atoms in total. The van der Waals surface area contributed by atoms with Gasteiger partial charge in [-0.25, -0.2) is 4.39 Å². The molecule has 1 aromatic rings. The highest BCUT2D eigenvalue weighted by atomic mass is 19.1. The van der Waals surface area contributed by atoms with E-state index in [9.17, 15) is 4.39 Å². The third kappa shape index (κ3) is 2.82. The van der Waals surface area contributed by atoms with Gasteiger partial charge in [-0.15, -0.1) is 0 Å². The van der Waals surface area contributed by atoms with Crippen molar-refractivity contribution in [3.05, 3.63) is 23.5 Å². The first kappa shape index (κ1) is 14.1. The van der Waals surface area contributed by atoms with Crippen molar-refractivity contribution in [1.29, 1.82) is 0 Å². The molecule has 2 unspecified atom stereocenters. The molecule has 19 heavy (non-hydrogen) atoms. The Hall–Kier alpha value is -1.33. The van der Waals surface area contributed by atoms with Gasteiger partial charge in [0.05, 0.1) is 20.8 Å². The van der Waals surface area contributed by atoms with Gasteiger partial charge in [0, 0.05) is 30.2 Å². The lowest BCUT2D eigenvalue weighted by molar-refractivity contribution is 0.177. The van der Waals surface area contributed by atoms with E-state index in [0.29, 0.717) is 23.7 Å². The van der Waals surface area contributed by atoms with E-state index in [1.165, 1.54) is 13.2 Å². The zero-order valence-corrected chi connectivity index (χ0v) is 11.5. The van der Waals surface area contributed by atoms with Gasteiger partial charge in [0.1, 0.15) is 5.82 Å². The molecule has 0 aromatic heterocycles. The summed E-state index contributed by atoms with van der Waals surface area (Å²) in [5, 5.41) is 3.17. The van der Waals surface area contributed by atoms with Crippen LogP contribution in [0.25, 0.3) is 0 Å². The molecule has 1 N–H and O–H groups in total. The fourth-order valence-corrected chi connectivity index (χ4v) is 2.57. The minimum absolute atomic E-state index is 0.0812. The average Bonchev–Trinajstić information content (AvgIpc) is 2.94. The molecule has 2 atom stereocenters. The van der Waals surface area contributed by atoms with Gasteiger partial charge >= 0.3 is 0 Å². The van der Waals surface area contributed by atoms with E-state index in [2.05, 4.69) is 5.32 Å². The molecule has 1 saturated heterocycles. The third-order valence-electron chi connectivity index (χ3n) is 3.59. The Morgan fingerprint density at radius 3 is 2.53 bits per heavy atom. The number of rotatable bonds is 5. The van der Waals surface area contributed by atoms with Gasteiger partial charge in [0.15, 0.2) is 11.5 Å². The van der Waals surface area contributed by atoms with E-state index >= 15 is 0 Å². The summed E-state index contributed by atoms with van der Waals surface area (Å²) in [5.74, 6) is 0.931. The summed E-state index contributed by atoms with van der Waals surface area (Å²) in [6.07, 6.45) is 0.930. The van der Waals surface area contributed by atoms with Gasteiger partial charge in [-0.2, -0.15) is 0 Å². The molecule has 1 aliphatic heterocycles. The smallest absolute Gasteiger partial charge is 0.163 e. The predicted molar refractivity (Wildman–Crippen MR) is 70.2 cm³/mol. The fraction of sp³-hybridized carbons (Fsp3) is 0.571. The Labute approximate surface area is 112 Å². The van der Waals surface area contributed by atoms with Crippen LogP contribution in [0.3, 0.4) is 0 Å². The van der Waals surface area contributed by atoms with Crippen LogP contribution in [0.1, 0.15) is 18.0 Å². The Balaban J connectivity index is 2.36. The number of methoxy groups -OCH3 is 2. The first-order valence-electron chi connectivity index (χ1n) is 6.37. The van der Waals surface area contributed by atoms with Crippen LogP contribution in [-0.4, -0.2) is 34.5 Å². The topological polar surface area (TPSA) is 39.7 Å². The molecule has 1 fully saturated rings. The second kappa shape index (κ2) is 6.21. The second-order valence-corrected chi connectivity index (χ2v) is 4.62. The maximum Gasteiger partial charge on any atom is 0.163 e. The van der Waals surface area contributed by atoms with Crippen molar-refractivity contribution in [3.63, 3.8) is 0 Å². The van der Waals surface area contributed by atoms with Crippen LogP contribution >= 0.6 is 0 Å². The fourth-order valence-electron chi connectivity index (χ4n) is 2.57. The van der Waals surface area contributed by atoms with Crippen molar-refractivity contribution in [2.75, 3.05) is 34.5 Å². The molecule has 1 aromatic carbocycles. The van der Waals surface area contributed by atoms with E-state index in [1.54, 1.807) is 13.2 Å². The Bertz CT molecular complexity index is 433. The molecule has 0 spiro atoms. The van der Waals surface area contributed by atoms with Crippen molar-refractivity contribution in [2.45, 2.75) is 12.5 Å². The molecule has 2 rings (SSSR count). The summed E-state index contributed by atoms with van der Waals surface area (Å²) in [6.45, 7) is 1.39. The largest absolute Gasteiger partial charge is 0.493 e. The van der Waals surface area contributed by atoms with Gasteiger partial charge in [-0.1, -0.05) is 0 Å². The zero-order chi connectivity index (χ0) is 13.8. The maximum atomic E-state index is 14.2. The molecule has 106 valence electrons. The molecule has 1 aliphatic rings. The number of benzene rings is 1. The number of hydrogen-bond donors (Lipinski definition) is 1. The number of nitrogens with one attached hydrogen (secondary N) is 1. The lowest BCUT2D eigenvalue weighted by atomic mass is 9.92. The van der Waals surface area contributed by atoms with Gasteiger partial charge in [-0.3, -0.25) is 0 Å². The normalized spacial score (nSPS) is 20.3. The van der Waals surface area contributed by atoms with Crippen LogP contribution < -0.4 is 14.8 Å². The third-order valence-corrected chi connectivity index (χ3v) is 3.59. The molecule has 0 aliphatic carbocycles. The molecular weight excluding hydrogens is 249 g/mol. The highest BCUT2D eigenvalue weighted by Crippen LogP contribution is 2.36. The highest BCUT2D eigenvalue weighted by molar-refractivity contribution is 5.44. The summed E-state index contributed by atoms with van der Waals surface area (Å²) in [5.41, 5.74) is 0.593. The lowest BCUT2D eigenvalue weighted by Gasteiger charge is -2.23. The Morgan fingerprint density at radius 1 is 1.32 bits per heavy atom. The molecule has 0 amide bonds. The van der Waals surface area contributed by atoms with Crippen molar-refractivity contribution >= 4 is 0 Å². The standard InChI is InChI=1S/C14H20FNO3/c1-16-14(9-4-5-19-8-9)10-6-12(17-2)13(18-3)7-11(10)15/h6-7,9,14,16H,4-5,8H2,1-3H3. The molecule has 5 heteroatoms. The van der Waals surface area contributed by atoms with Crippen LogP contribution in [-0.2, 0) is 4.74 Å². The molecule has 0 saturated carbocycles. The van der Waals surface area contributed by atoms with Crippen LogP contribution in [0.4, 0.5) is 4.39 Å².